The molecule has 74 valence electrons. The molecule has 0 saturated heterocycles. The fourth-order valence-electron chi connectivity index (χ4n) is 1.19. The van der Waals surface area contributed by atoms with Crippen molar-refractivity contribution in [2.45, 2.75) is 6.18 Å². The first-order valence-corrected chi connectivity index (χ1v) is 3.76. The van der Waals surface area contributed by atoms with Crippen LogP contribution < -0.4 is 0 Å². The zero-order valence-electron chi connectivity index (χ0n) is 6.80. The van der Waals surface area contributed by atoms with Gasteiger partial charge in [-0.15, -0.1) is 0 Å². The summed E-state index contributed by atoms with van der Waals surface area (Å²) in [4.78, 5) is 0. The summed E-state index contributed by atoms with van der Waals surface area (Å²) in [6, 6.07) is 2.94. The van der Waals surface area contributed by atoms with E-state index in [2.05, 4.69) is 0 Å². The summed E-state index contributed by atoms with van der Waals surface area (Å²) in [6.07, 6.45) is -3.40. The molecule has 0 atom stereocenters. The number of hydrogen-bond acceptors (Lipinski definition) is 2. The fraction of sp³-hybridized carbons (Fsp3) is 0.111. The van der Waals surface area contributed by atoms with Crippen LogP contribution in [0.1, 0.15) is 5.56 Å². The molecule has 0 amide bonds. The Hall–Kier alpha value is -1.65. The average molecular weight is 202 g/mol. The molecule has 0 aliphatic carbocycles. The molecule has 1 N–H and O–H groups in total. The minimum Gasteiger partial charge on any atom is -0.504 e. The fourth-order valence-corrected chi connectivity index (χ4v) is 1.19. The first-order valence-electron chi connectivity index (χ1n) is 3.76. The van der Waals surface area contributed by atoms with E-state index in [1.165, 1.54) is 6.07 Å². The number of alkyl halides is 3. The number of hydrogen-bond donors (Lipinski definition) is 1. The molecule has 0 bridgehead atoms. The van der Waals surface area contributed by atoms with Gasteiger partial charge in [0.15, 0.2) is 5.75 Å². The Morgan fingerprint density at radius 1 is 1.21 bits per heavy atom. The lowest BCUT2D eigenvalue weighted by Crippen LogP contribution is -2.03. The van der Waals surface area contributed by atoms with E-state index in [4.69, 9.17) is 9.52 Å². The van der Waals surface area contributed by atoms with Crippen LogP contribution in [-0.4, -0.2) is 5.11 Å². The van der Waals surface area contributed by atoms with Crippen LogP contribution in [0.4, 0.5) is 13.2 Å². The predicted octanol–water partition coefficient (Wildman–Crippen LogP) is 3.16. The quantitative estimate of drug-likeness (QED) is 0.711. The molecule has 2 rings (SSSR count). The maximum Gasteiger partial charge on any atom is 0.416 e. The van der Waals surface area contributed by atoms with Crippen molar-refractivity contribution in [3.63, 3.8) is 0 Å². The molecule has 2 aromatic rings. The van der Waals surface area contributed by atoms with Crippen molar-refractivity contribution >= 4 is 11.0 Å². The Kier molecular flexibility index (Phi) is 1.70. The third kappa shape index (κ3) is 1.30. The van der Waals surface area contributed by atoms with Crippen molar-refractivity contribution < 1.29 is 22.7 Å². The third-order valence-corrected chi connectivity index (χ3v) is 1.88. The van der Waals surface area contributed by atoms with Gasteiger partial charge in [-0.1, -0.05) is 0 Å². The number of furan rings is 1. The SMILES string of the molecule is Oc1coc2ccc(C(F)(F)F)cc12. The Bertz CT molecular complexity index is 470. The highest BCUT2D eigenvalue weighted by Gasteiger charge is 2.30. The van der Waals surface area contributed by atoms with Crippen LogP contribution in [-0.2, 0) is 6.18 Å². The van der Waals surface area contributed by atoms with Gasteiger partial charge in [-0.2, -0.15) is 13.2 Å². The molecule has 1 heterocycles. The van der Waals surface area contributed by atoms with Gasteiger partial charge in [0.2, 0.25) is 0 Å². The lowest BCUT2D eigenvalue weighted by Gasteiger charge is -2.05. The monoisotopic (exact) mass is 202 g/mol. The van der Waals surface area contributed by atoms with Crippen molar-refractivity contribution in [2.24, 2.45) is 0 Å². The smallest absolute Gasteiger partial charge is 0.416 e. The number of rotatable bonds is 0. The van der Waals surface area contributed by atoms with E-state index in [-0.39, 0.29) is 16.7 Å². The molecular weight excluding hydrogens is 197 g/mol. The third-order valence-electron chi connectivity index (χ3n) is 1.88. The van der Waals surface area contributed by atoms with E-state index in [1.54, 1.807) is 0 Å². The summed E-state index contributed by atoms with van der Waals surface area (Å²) in [6.45, 7) is 0. The number of halogens is 3. The zero-order chi connectivity index (χ0) is 10.3. The van der Waals surface area contributed by atoms with Crippen LogP contribution >= 0.6 is 0 Å². The molecule has 0 spiro atoms. The second-order valence-electron chi connectivity index (χ2n) is 2.83. The summed E-state index contributed by atoms with van der Waals surface area (Å²) in [7, 11) is 0. The molecular formula is C9H5F3O2. The van der Waals surface area contributed by atoms with Gasteiger partial charge in [-0.25, -0.2) is 0 Å². The van der Waals surface area contributed by atoms with E-state index in [9.17, 15) is 13.2 Å². The molecule has 1 aromatic carbocycles. The first kappa shape index (κ1) is 8.93. The summed E-state index contributed by atoms with van der Waals surface area (Å²) in [5, 5.41) is 9.21. The highest BCUT2D eigenvalue weighted by atomic mass is 19.4. The molecule has 0 aliphatic rings. The van der Waals surface area contributed by atoms with Gasteiger partial charge >= 0.3 is 6.18 Å². The van der Waals surface area contributed by atoms with Crippen LogP contribution in [0.5, 0.6) is 5.75 Å². The van der Waals surface area contributed by atoms with Crippen molar-refractivity contribution in [1.29, 1.82) is 0 Å². The topological polar surface area (TPSA) is 33.4 Å². The molecule has 0 unspecified atom stereocenters. The van der Waals surface area contributed by atoms with E-state index < -0.39 is 11.7 Å². The minimum absolute atomic E-state index is 0.0693. The summed E-state index contributed by atoms with van der Waals surface area (Å²) < 4.78 is 41.5. The maximum absolute atomic E-state index is 12.2. The number of aromatic hydroxyl groups is 1. The summed E-state index contributed by atoms with van der Waals surface area (Å²) >= 11 is 0. The lowest BCUT2D eigenvalue weighted by atomic mass is 10.1. The zero-order valence-corrected chi connectivity index (χ0v) is 6.80. The van der Waals surface area contributed by atoms with Gasteiger partial charge in [-0.05, 0) is 18.2 Å². The standard InChI is InChI=1S/C9H5F3O2/c10-9(11,12)5-1-2-8-6(3-5)7(13)4-14-8/h1-4,13H. The minimum atomic E-state index is -4.40. The Balaban J connectivity index is 2.66. The molecule has 2 nitrogen and oxygen atoms in total. The second-order valence-corrected chi connectivity index (χ2v) is 2.83. The van der Waals surface area contributed by atoms with Crippen molar-refractivity contribution in [1.82, 2.24) is 0 Å². The van der Waals surface area contributed by atoms with Gasteiger partial charge in [0, 0.05) is 0 Å². The lowest BCUT2D eigenvalue weighted by molar-refractivity contribution is -0.137. The first-order chi connectivity index (χ1) is 6.48. The van der Waals surface area contributed by atoms with E-state index in [0.717, 1.165) is 18.4 Å². The molecule has 0 aliphatic heterocycles. The Labute approximate surface area is 76.6 Å². The van der Waals surface area contributed by atoms with Crippen molar-refractivity contribution in [2.75, 3.05) is 0 Å². The number of benzene rings is 1. The molecule has 0 radical (unpaired) electrons. The largest absolute Gasteiger partial charge is 0.504 e. The van der Waals surface area contributed by atoms with E-state index in [0.29, 0.717) is 0 Å². The molecule has 14 heavy (non-hydrogen) atoms. The predicted molar refractivity (Wildman–Crippen MR) is 42.9 cm³/mol. The molecule has 0 fully saturated rings. The summed E-state index contributed by atoms with van der Waals surface area (Å²) in [5.74, 6) is -0.286. The van der Waals surface area contributed by atoms with E-state index >= 15 is 0 Å². The van der Waals surface area contributed by atoms with Crippen molar-refractivity contribution in [3.05, 3.63) is 30.0 Å². The van der Waals surface area contributed by atoms with Gasteiger partial charge in [0.05, 0.1) is 10.9 Å². The van der Waals surface area contributed by atoms with Crippen LogP contribution in [0.15, 0.2) is 28.9 Å². The van der Waals surface area contributed by atoms with Gasteiger partial charge in [0.1, 0.15) is 11.8 Å². The Morgan fingerprint density at radius 2 is 1.93 bits per heavy atom. The normalized spacial score (nSPS) is 12.2. The second kappa shape index (κ2) is 2.67. The van der Waals surface area contributed by atoms with Crippen LogP contribution in [0.3, 0.4) is 0 Å². The number of fused-ring (bicyclic) bond motifs is 1. The highest BCUT2D eigenvalue weighted by Crippen LogP contribution is 2.34. The Morgan fingerprint density at radius 3 is 2.57 bits per heavy atom. The van der Waals surface area contributed by atoms with Gasteiger partial charge in [0.25, 0.3) is 0 Å². The molecule has 5 heteroatoms. The highest BCUT2D eigenvalue weighted by molar-refractivity contribution is 5.84. The van der Waals surface area contributed by atoms with Gasteiger partial charge < -0.3 is 9.52 Å². The van der Waals surface area contributed by atoms with Crippen LogP contribution in [0, 0.1) is 0 Å². The van der Waals surface area contributed by atoms with Gasteiger partial charge in [-0.3, -0.25) is 0 Å². The van der Waals surface area contributed by atoms with Crippen LogP contribution in [0.25, 0.3) is 11.0 Å². The summed E-state index contributed by atoms with van der Waals surface area (Å²) in [5.41, 5.74) is -0.572. The molecule has 1 aromatic heterocycles. The van der Waals surface area contributed by atoms with Crippen LogP contribution in [0.2, 0.25) is 0 Å². The van der Waals surface area contributed by atoms with Crippen molar-refractivity contribution in [3.8, 4) is 5.75 Å². The van der Waals surface area contributed by atoms with E-state index in [1.807, 2.05) is 0 Å². The molecule has 0 saturated carbocycles. The maximum atomic E-state index is 12.2. The average Bonchev–Trinajstić information content (AvgIpc) is 2.46.